The lowest BCUT2D eigenvalue weighted by Crippen LogP contribution is -2.56. The van der Waals surface area contributed by atoms with Crippen LogP contribution >= 0.6 is 0 Å². The van der Waals surface area contributed by atoms with E-state index in [-0.39, 0.29) is 23.5 Å². The Kier molecular flexibility index (Phi) is 7.27. The molecule has 1 aliphatic heterocycles. The van der Waals surface area contributed by atoms with Crippen LogP contribution in [0.2, 0.25) is 0 Å². The Balaban J connectivity index is 1.93. The number of amidine groups is 1. The lowest BCUT2D eigenvalue weighted by atomic mass is 9.97. The van der Waals surface area contributed by atoms with E-state index < -0.39 is 5.82 Å². The van der Waals surface area contributed by atoms with Gasteiger partial charge in [-0.3, -0.25) is 4.90 Å². The molecule has 0 spiro atoms. The molecule has 166 valence electrons. The fourth-order valence-corrected chi connectivity index (χ4v) is 4.31. The number of nitrogens with two attached hydrogens (primary N) is 1. The van der Waals surface area contributed by atoms with Crippen LogP contribution in [0.4, 0.5) is 10.1 Å². The predicted octanol–water partition coefficient (Wildman–Crippen LogP) is 3.56. The molecule has 3 N–H and O–H groups in total. The van der Waals surface area contributed by atoms with E-state index >= 15 is 4.39 Å². The summed E-state index contributed by atoms with van der Waals surface area (Å²) in [6, 6.07) is 7.79. The minimum Gasteiger partial charge on any atom is -0.382 e. The summed E-state index contributed by atoms with van der Waals surface area (Å²) in [6.07, 6.45) is 2.44. The summed E-state index contributed by atoms with van der Waals surface area (Å²) in [6.45, 7) is 10.6. The second-order valence-electron chi connectivity index (χ2n) is 8.65. The molecule has 0 radical (unpaired) electrons. The van der Waals surface area contributed by atoms with Crippen LogP contribution in [-0.4, -0.2) is 46.1 Å². The highest BCUT2D eigenvalue weighted by atomic mass is 19.1. The van der Waals surface area contributed by atoms with Crippen LogP contribution in [0.15, 0.2) is 40.8 Å². The van der Waals surface area contributed by atoms with E-state index in [2.05, 4.69) is 58.0 Å². The number of hydrogen-bond donors (Lipinski definition) is 2. The quantitative estimate of drug-likeness (QED) is 0.305. The van der Waals surface area contributed by atoms with E-state index in [1.165, 1.54) is 6.07 Å². The number of rotatable bonds is 7. The van der Waals surface area contributed by atoms with Crippen molar-refractivity contribution < 1.29 is 4.39 Å². The van der Waals surface area contributed by atoms with Crippen molar-refractivity contribution in [1.29, 1.82) is 5.53 Å². The summed E-state index contributed by atoms with van der Waals surface area (Å²) >= 11 is 0. The molecule has 9 heteroatoms. The number of benzene rings is 1. The summed E-state index contributed by atoms with van der Waals surface area (Å²) in [7, 11) is 0. The van der Waals surface area contributed by atoms with Crippen LogP contribution in [0, 0.1) is 17.3 Å². The molecule has 1 fully saturated rings. The van der Waals surface area contributed by atoms with Gasteiger partial charge in [0, 0.05) is 37.9 Å². The van der Waals surface area contributed by atoms with Gasteiger partial charge in [0.05, 0.1) is 16.9 Å². The molecule has 0 bridgehead atoms. The number of aromatic nitrogens is 2. The molecule has 2 atom stereocenters. The summed E-state index contributed by atoms with van der Waals surface area (Å²) in [5, 5.41) is 14.8. The molecule has 2 heterocycles. The van der Waals surface area contributed by atoms with Crippen molar-refractivity contribution in [2.75, 3.05) is 18.0 Å². The molecule has 0 saturated carbocycles. The van der Waals surface area contributed by atoms with Crippen LogP contribution in [0.25, 0.3) is 0 Å². The molecular formula is C22H31FN8. The summed E-state index contributed by atoms with van der Waals surface area (Å²) in [5.41, 5.74) is 15.8. The minimum atomic E-state index is -0.430. The normalized spacial score (nSPS) is 20.3. The van der Waals surface area contributed by atoms with Gasteiger partial charge in [-0.05, 0) is 56.0 Å². The maximum atomic E-state index is 15.1. The minimum absolute atomic E-state index is 0.0825. The Bertz CT molecular complexity index is 919. The Morgan fingerprint density at radius 2 is 2.00 bits per heavy atom. The monoisotopic (exact) mass is 426 g/mol. The van der Waals surface area contributed by atoms with Gasteiger partial charge in [-0.15, -0.1) is 5.10 Å². The van der Waals surface area contributed by atoms with E-state index in [9.17, 15) is 0 Å². The van der Waals surface area contributed by atoms with E-state index in [0.29, 0.717) is 31.2 Å². The summed E-state index contributed by atoms with van der Waals surface area (Å²) in [4.78, 5) is 4.54. The van der Waals surface area contributed by atoms with Gasteiger partial charge in [-0.2, -0.15) is 15.7 Å². The van der Waals surface area contributed by atoms with Gasteiger partial charge < -0.3 is 10.6 Å². The number of halogens is 1. The first-order chi connectivity index (χ1) is 14.8. The second kappa shape index (κ2) is 9.91. The zero-order valence-electron chi connectivity index (χ0n) is 18.6. The van der Waals surface area contributed by atoms with Crippen LogP contribution in [0.1, 0.15) is 44.5 Å². The molecule has 2 aromatic rings. The largest absolute Gasteiger partial charge is 0.382 e. The first kappa shape index (κ1) is 22.7. The Morgan fingerprint density at radius 3 is 2.58 bits per heavy atom. The molecule has 1 aliphatic rings. The third-order valence-corrected chi connectivity index (χ3v) is 5.60. The molecule has 0 unspecified atom stereocenters. The highest BCUT2D eigenvalue weighted by Crippen LogP contribution is 2.30. The van der Waals surface area contributed by atoms with E-state index in [1.54, 1.807) is 6.20 Å². The SMILES string of the molecule is CC(C)Cc1cc(F)c(C(N)=NN=N)c(N2C[C@@H](C)N(Cc3cccnn3)[C@@H](C)C2)c1. The average molecular weight is 427 g/mol. The second-order valence-corrected chi connectivity index (χ2v) is 8.65. The van der Waals surface area contributed by atoms with Crippen LogP contribution in [0.3, 0.4) is 0 Å². The van der Waals surface area contributed by atoms with Crippen molar-refractivity contribution in [2.45, 2.75) is 52.7 Å². The standard InChI is InChI=1S/C22H31FN8/c1-14(2)8-17-9-19(23)21(22(24)28-29-25)20(10-17)30-11-15(3)31(16(4)12-30)13-18-6-5-7-26-27-18/h5-7,9-10,14-16H,8,11-13H2,1-4H3,(H3,24,25,28)/t15-,16+. The first-order valence-electron chi connectivity index (χ1n) is 10.6. The number of hydrogen-bond acceptors (Lipinski definition) is 6. The van der Waals surface area contributed by atoms with Gasteiger partial charge >= 0.3 is 0 Å². The van der Waals surface area contributed by atoms with Crippen LogP contribution in [-0.2, 0) is 13.0 Å². The molecule has 3 rings (SSSR count). The van der Waals surface area contributed by atoms with Crippen LogP contribution < -0.4 is 10.6 Å². The fraction of sp³-hybridized carbons (Fsp3) is 0.500. The smallest absolute Gasteiger partial charge is 0.160 e. The average Bonchev–Trinajstić information content (AvgIpc) is 2.70. The van der Waals surface area contributed by atoms with Gasteiger partial charge in [-0.1, -0.05) is 19.1 Å². The van der Waals surface area contributed by atoms with Crippen molar-refractivity contribution >= 4 is 11.5 Å². The highest BCUT2D eigenvalue weighted by molar-refractivity contribution is 6.03. The fourth-order valence-electron chi connectivity index (χ4n) is 4.31. The van der Waals surface area contributed by atoms with E-state index in [4.69, 9.17) is 11.3 Å². The van der Waals surface area contributed by atoms with Gasteiger partial charge in [0.25, 0.3) is 0 Å². The topological polar surface area (TPSA) is 107 Å². The Hall–Kier alpha value is -2.94. The summed E-state index contributed by atoms with van der Waals surface area (Å²) in [5.74, 6) is -0.115. The van der Waals surface area contributed by atoms with Gasteiger partial charge in [-0.25, -0.2) is 4.39 Å². The number of nitrogens with one attached hydrogen (secondary N) is 1. The van der Waals surface area contributed by atoms with Crippen molar-refractivity contribution in [1.82, 2.24) is 15.1 Å². The molecule has 1 aromatic heterocycles. The van der Waals surface area contributed by atoms with Crippen molar-refractivity contribution in [3.63, 3.8) is 0 Å². The molecule has 0 amide bonds. The Labute approximate surface area is 182 Å². The van der Waals surface area contributed by atoms with Crippen molar-refractivity contribution in [2.24, 2.45) is 22.0 Å². The zero-order valence-corrected chi connectivity index (χ0v) is 18.6. The zero-order chi connectivity index (χ0) is 22.5. The lowest BCUT2D eigenvalue weighted by molar-refractivity contribution is 0.121. The van der Waals surface area contributed by atoms with Crippen LogP contribution in [0.5, 0.6) is 0 Å². The Morgan fingerprint density at radius 1 is 1.29 bits per heavy atom. The third-order valence-electron chi connectivity index (χ3n) is 5.60. The molecule has 31 heavy (non-hydrogen) atoms. The van der Waals surface area contributed by atoms with E-state index in [0.717, 1.165) is 17.7 Å². The molecular weight excluding hydrogens is 395 g/mol. The van der Waals surface area contributed by atoms with Gasteiger partial charge in [0.2, 0.25) is 0 Å². The predicted molar refractivity (Wildman–Crippen MR) is 120 cm³/mol. The van der Waals surface area contributed by atoms with Crippen molar-refractivity contribution in [3.8, 4) is 0 Å². The number of nitrogens with zero attached hydrogens (tertiary/aromatic N) is 6. The molecule has 8 nitrogen and oxygen atoms in total. The maximum absolute atomic E-state index is 15.1. The first-order valence-corrected chi connectivity index (χ1v) is 10.6. The lowest BCUT2D eigenvalue weighted by Gasteiger charge is -2.45. The van der Waals surface area contributed by atoms with Crippen molar-refractivity contribution in [3.05, 3.63) is 53.1 Å². The number of piperazine rings is 1. The number of anilines is 1. The maximum Gasteiger partial charge on any atom is 0.160 e. The van der Waals surface area contributed by atoms with E-state index in [1.807, 2.05) is 18.2 Å². The van der Waals surface area contributed by atoms with Gasteiger partial charge in [0.1, 0.15) is 5.82 Å². The van der Waals surface area contributed by atoms with Gasteiger partial charge in [0.15, 0.2) is 5.84 Å². The molecule has 1 saturated heterocycles. The highest BCUT2D eigenvalue weighted by Gasteiger charge is 2.32. The molecule has 1 aromatic carbocycles. The third kappa shape index (κ3) is 5.41. The molecule has 0 aliphatic carbocycles. The summed E-state index contributed by atoms with van der Waals surface area (Å²) < 4.78 is 15.1.